The van der Waals surface area contributed by atoms with Gasteiger partial charge >= 0.3 is 5.97 Å². The van der Waals surface area contributed by atoms with Gasteiger partial charge in [-0.25, -0.2) is 13.2 Å². The number of carboxylic acid groups (broad SMARTS) is 1. The molecule has 19 heavy (non-hydrogen) atoms. The van der Waals surface area contributed by atoms with E-state index in [1.165, 1.54) is 6.07 Å². The summed E-state index contributed by atoms with van der Waals surface area (Å²) in [4.78, 5) is 10.8. The van der Waals surface area contributed by atoms with Crippen LogP contribution in [-0.2, 0) is 11.2 Å². The van der Waals surface area contributed by atoms with E-state index in [0.717, 1.165) is 6.07 Å². The van der Waals surface area contributed by atoms with E-state index in [0.29, 0.717) is 0 Å². The number of nitrogens with two attached hydrogens (primary N) is 1. The van der Waals surface area contributed by atoms with E-state index in [4.69, 9.17) is 10.8 Å². The summed E-state index contributed by atoms with van der Waals surface area (Å²) in [5.74, 6) is -5.89. The minimum Gasteiger partial charge on any atom is -0.481 e. The van der Waals surface area contributed by atoms with Crippen LogP contribution in [0.25, 0.3) is 0 Å². The van der Waals surface area contributed by atoms with Crippen molar-refractivity contribution in [1.82, 2.24) is 0 Å². The Kier molecular flexibility index (Phi) is 5.35. The summed E-state index contributed by atoms with van der Waals surface area (Å²) in [5.41, 5.74) is 5.36. The van der Waals surface area contributed by atoms with Crippen molar-refractivity contribution in [3.8, 4) is 0 Å². The first-order valence-corrected chi connectivity index (χ1v) is 5.92. The predicted octanol–water partition coefficient (Wildman–Crippen LogP) is 2.33. The molecule has 0 saturated heterocycles. The fraction of sp³-hybridized carbons (Fsp3) is 0.462. The standard InChI is InChI=1S/C13H16F3NO2/c1-7(5-9(6-17)13(18)19)4-8-2-3-10(14)12(16)11(8)15/h2-3,7,9H,4-6,17H2,1H3,(H,18,19). The Morgan fingerprint density at radius 2 is 1.95 bits per heavy atom. The van der Waals surface area contributed by atoms with Crippen LogP contribution in [0.1, 0.15) is 18.9 Å². The predicted molar refractivity (Wildman–Crippen MR) is 64.0 cm³/mol. The second kappa shape index (κ2) is 6.56. The second-order valence-corrected chi connectivity index (χ2v) is 4.65. The number of hydrogen-bond donors (Lipinski definition) is 2. The molecule has 6 heteroatoms. The van der Waals surface area contributed by atoms with Crippen molar-refractivity contribution in [1.29, 1.82) is 0 Å². The molecule has 106 valence electrons. The molecule has 0 aromatic heterocycles. The lowest BCUT2D eigenvalue weighted by molar-refractivity contribution is -0.141. The van der Waals surface area contributed by atoms with Crippen molar-refractivity contribution in [3.63, 3.8) is 0 Å². The highest BCUT2D eigenvalue weighted by Crippen LogP contribution is 2.21. The average Bonchev–Trinajstić information content (AvgIpc) is 2.36. The third kappa shape index (κ3) is 3.96. The second-order valence-electron chi connectivity index (χ2n) is 4.65. The summed E-state index contributed by atoms with van der Waals surface area (Å²) in [5, 5.41) is 8.86. The van der Waals surface area contributed by atoms with Crippen LogP contribution in [-0.4, -0.2) is 17.6 Å². The maximum absolute atomic E-state index is 13.4. The zero-order valence-corrected chi connectivity index (χ0v) is 10.5. The van der Waals surface area contributed by atoms with Gasteiger partial charge in [-0.15, -0.1) is 0 Å². The number of aliphatic carboxylic acids is 1. The summed E-state index contributed by atoms with van der Waals surface area (Å²) < 4.78 is 39.2. The summed E-state index contributed by atoms with van der Waals surface area (Å²) in [7, 11) is 0. The number of carboxylic acids is 1. The van der Waals surface area contributed by atoms with Gasteiger partial charge in [-0.1, -0.05) is 13.0 Å². The van der Waals surface area contributed by atoms with Gasteiger partial charge in [0.25, 0.3) is 0 Å². The van der Waals surface area contributed by atoms with E-state index in [1.807, 2.05) is 0 Å². The number of hydrogen-bond acceptors (Lipinski definition) is 2. The summed E-state index contributed by atoms with van der Waals surface area (Å²) in [6.07, 6.45) is 0.386. The number of rotatable bonds is 6. The minimum absolute atomic E-state index is 0.0140. The van der Waals surface area contributed by atoms with Crippen LogP contribution < -0.4 is 5.73 Å². The van der Waals surface area contributed by atoms with Crippen molar-refractivity contribution >= 4 is 5.97 Å². The molecule has 0 aliphatic carbocycles. The van der Waals surface area contributed by atoms with Gasteiger partial charge in [0.15, 0.2) is 17.5 Å². The van der Waals surface area contributed by atoms with Crippen molar-refractivity contribution in [3.05, 3.63) is 35.1 Å². The Morgan fingerprint density at radius 1 is 1.32 bits per heavy atom. The zero-order valence-electron chi connectivity index (χ0n) is 10.5. The quantitative estimate of drug-likeness (QED) is 0.783. The first-order chi connectivity index (χ1) is 8.86. The molecular formula is C13H16F3NO2. The van der Waals surface area contributed by atoms with E-state index in [-0.39, 0.29) is 30.9 Å². The normalized spacial score (nSPS) is 14.2. The van der Waals surface area contributed by atoms with Gasteiger partial charge in [0, 0.05) is 6.54 Å². The molecule has 0 saturated carbocycles. The monoisotopic (exact) mass is 275 g/mol. The van der Waals surface area contributed by atoms with Crippen LogP contribution in [0.15, 0.2) is 12.1 Å². The van der Waals surface area contributed by atoms with E-state index in [1.54, 1.807) is 6.92 Å². The van der Waals surface area contributed by atoms with E-state index in [9.17, 15) is 18.0 Å². The van der Waals surface area contributed by atoms with Crippen LogP contribution >= 0.6 is 0 Å². The maximum atomic E-state index is 13.4. The molecule has 1 aromatic carbocycles. The minimum atomic E-state index is -1.50. The van der Waals surface area contributed by atoms with Gasteiger partial charge in [-0.2, -0.15) is 0 Å². The lowest BCUT2D eigenvalue weighted by Crippen LogP contribution is -2.25. The zero-order chi connectivity index (χ0) is 14.6. The topological polar surface area (TPSA) is 63.3 Å². The van der Waals surface area contributed by atoms with Crippen LogP contribution in [0.3, 0.4) is 0 Å². The molecule has 0 aliphatic heterocycles. The molecule has 0 amide bonds. The lowest BCUT2D eigenvalue weighted by atomic mass is 9.90. The Bertz CT molecular complexity index is 465. The highest BCUT2D eigenvalue weighted by Gasteiger charge is 2.21. The third-order valence-electron chi connectivity index (χ3n) is 3.00. The largest absolute Gasteiger partial charge is 0.481 e. The Balaban J connectivity index is 2.75. The van der Waals surface area contributed by atoms with Crippen molar-refractivity contribution < 1.29 is 23.1 Å². The molecule has 1 rings (SSSR count). The molecular weight excluding hydrogens is 259 g/mol. The average molecular weight is 275 g/mol. The molecule has 0 spiro atoms. The van der Waals surface area contributed by atoms with E-state index < -0.39 is 29.3 Å². The van der Waals surface area contributed by atoms with Crippen LogP contribution in [0.5, 0.6) is 0 Å². The van der Waals surface area contributed by atoms with Gasteiger partial charge in [0.2, 0.25) is 0 Å². The van der Waals surface area contributed by atoms with E-state index in [2.05, 4.69) is 0 Å². The number of benzene rings is 1. The molecule has 0 aliphatic rings. The highest BCUT2D eigenvalue weighted by atomic mass is 19.2. The summed E-state index contributed by atoms with van der Waals surface area (Å²) in [6.45, 7) is 1.70. The number of carbonyl (C=O) groups is 1. The molecule has 3 N–H and O–H groups in total. The third-order valence-corrected chi connectivity index (χ3v) is 3.00. The van der Waals surface area contributed by atoms with Gasteiger partial charge in [0.1, 0.15) is 0 Å². The molecule has 0 bridgehead atoms. The molecule has 1 aromatic rings. The Labute approximate surface area is 109 Å². The van der Waals surface area contributed by atoms with Crippen molar-refractivity contribution in [2.24, 2.45) is 17.6 Å². The van der Waals surface area contributed by atoms with Crippen LogP contribution in [0, 0.1) is 29.3 Å². The molecule has 0 radical (unpaired) electrons. The van der Waals surface area contributed by atoms with Crippen LogP contribution in [0.4, 0.5) is 13.2 Å². The van der Waals surface area contributed by atoms with Crippen LogP contribution in [0.2, 0.25) is 0 Å². The fourth-order valence-electron chi connectivity index (χ4n) is 1.97. The van der Waals surface area contributed by atoms with Gasteiger partial charge in [0.05, 0.1) is 5.92 Å². The Morgan fingerprint density at radius 3 is 2.47 bits per heavy atom. The van der Waals surface area contributed by atoms with Gasteiger partial charge in [-0.05, 0) is 30.4 Å². The lowest BCUT2D eigenvalue weighted by Gasteiger charge is -2.16. The molecule has 2 unspecified atom stereocenters. The fourth-order valence-corrected chi connectivity index (χ4v) is 1.97. The summed E-state index contributed by atoms with van der Waals surface area (Å²) in [6, 6.07) is 2.03. The molecule has 0 heterocycles. The molecule has 3 nitrogen and oxygen atoms in total. The summed E-state index contributed by atoms with van der Waals surface area (Å²) >= 11 is 0. The van der Waals surface area contributed by atoms with Gasteiger partial charge < -0.3 is 10.8 Å². The molecule has 2 atom stereocenters. The first kappa shape index (κ1) is 15.5. The highest BCUT2D eigenvalue weighted by molar-refractivity contribution is 5.70. The Hall–Kier alpha value is -1.56. The number of halogens is 3. The SMILES string of the molecule is CC(Cc1ccc(F)c(F)c1F)CC(CN)C(=O)O. The maximum Gasteiger partial charge on any atom is 0.307 e. The molecule has 0 fully saturated rings. The van der Waals surface area contributed by atoms with Gasteiger partial charge in [-0.3, -0.25) is 4.79 Å². The van der Waals surface area contributed by atoms with Crippen molar-refractivity contribution in [2.75, 3.05) is 6.54 Å². The first-order valence-electron chi connectivity index (χ1n) is 5.92. The smallest absolute Gasteiger partial charge is 0.307 e. The van der Waals surface area contributed by atoms with Crippen molar-refractivity contribution in [2.45, 2.75) is 19.8 Å². The van der Waals surface area contributed by atoms with E-state index >= 15 is 0 Å².